The van der Waals surface area contributed by atoms with Gasteiger partial charge in [0.1, 0.15) is 0 Å². The van der Waals surface area contributed by atoms with Gasteiger partial charge in [0.15, 0.2) is 0 Å². The van der Waals surface area contributed by atoms with Gasteiger partial charge in [0.25, 0.3) is 0 Å². The first-order chi connectivity index (χ1) is 7.70. The van der Waals surface area contributed by atoms with Crippen LogP contribution in [-0.4, -0.2) is 6.54 Å². The molecule has 1 nitrogen and oxygen atoms in total. The van der Waals surface area contributed by atoms with E-state index in [1.165, 1.54) is 34.9 Å². The van der Waals surface area contributed by atoms with Crippen molar-refractivity contribution >= 4 is 15.9 Å². The van der Waals surface area contributed by atoms with E-state index < -0.39 is 0 Å². The molecule has 0 bridgehead atoms. The van der Waals surface area contributed by atoms with Crippen molar-refractivity contribution in [2.75, 3.05) is 6.54 Å². The summed E-state index contributed by atoms with van der Waals surface area (Å²) in [5.74, 6) is 0.965. The van der Waals surface area contributed by atoms with Crippen LogP contribution in [0.4, 0.5) is 0 Å². The van der Waals surface area contributed by atoms with Gasteiger partial charge in [0.2, 0.25) is 0 Å². The first-order valence-corrected chi connectivity index (χ1v) is 6.99. The largest absolute Gasteiger partial charge is 0.310 e. The molecule has 1 N–H and O–H groups in total. The van der Waals surface area contributed by atoms with Crippen molar-refractivity contribution in [3.8, 4) is 0 Å². The zero-order valence-corrected chi connectivity index (χ0v) is 11.7. The zero-order valence-electron chi connectivity index (χ0n) is 10.1. The number of rotatable bonds is 5. The van der Waals surface area contributed by atoms with Gasteiger partial charge in [-0.25, -0.2) is 0 Å². The summed E-state index contributed by atoms with van der Waals surface area (Å²) in [7, 11) is 0. The van der Waals surface area contributed by atoms with E-state index in [-0.39, 0.29) is 0 Å². The lowest BCUT2D eigenvalue weighted by atomic mass is 9.97. The van der Waals surface area contributed by atoms with E-state index in [2.05, 4.69) is 53.3 Å². The lowest BCUT2D eigenvalue weighted by molar-refractivity contribution is 0.485. The highest BCUT2D eigenvalue weighted by molar-refractivity contribution is 9.10. The zero-order chi connectivity index (χ0) is 11.5. The fraction of sp³-hybridized carbons (Fsp3) is 0.571. The standard InChI is InChI=1S/C14H20BrN/c1-3-16-14(9-11-4-5-11)13-7-6-12(15)8-10(13)2/h6-8,11,14,16H,3-5,9H2,1-2H3. The molecule has 2 rings (SSSR count). The van der Waals surface area contributed by atoms with Gasteiger partial charge in [-0.15, -0.1) is 0 Å². The molecule has 1 saturated carbocycles. The summed E-state index contributed by atoms with van der Waals surface area (Å²) in [4.78, 5) is 0. The van der Waals surface area contributed by atoms with Crippen molar-refractivity contribution in [3.05, 3.63) is 33.8 Å². The third kappa shape index (κ3) is 3.08. The van der Waals surface area contributed by atoms with Crippen molar-refractivity contribution < 1.29 is 0 Å². The molecule has 1 fully saturated rings. The molecule has 0 saturated heterocycles. The molecule has 1 unspecified atom stereocenters. The molecule has 1 aromatic carbocycles. The van der Waals surface area contributed by atoms with Gasteiger partial charge in [-0.05, 0) is 49.1 Å². The Morgan fingerprint density at radius 2 is 2.19 bits per heavy atom. The molecular weight excluding hydrogens is 262 g/mol. The summed E-state index contributed by atoms with van der Waals surface area (Å²) >= 11 is 3.53. The van der Waals surface area contributed by atoms with E-state index in [0.717, 1.165) is 12.5 Å². The quantitative estimate of drug-likeness (QED) is 0.853. The van der Waals surface area contributed by atoms with Crippen LogP contribution in [0.3, 0.4) is 0 Å². The van der Waals surface area contributed by atoms with Crippen LogP contribution in [0.5, 0.6) is 0 Å². The molecule has 1 aromatic rings. The minimum atomic E-state index is 0.547. The summed E-state index contributed by atoms with van der Waals surface area (Å²) in [6.45, 7) is 5.44. The van der Waals surface area contributed by atoms with Crippen LogP contribution in [0.1, 0.15) is 43.4 Å². The van der Waals surface area contributed by atoms with Crippen LogP contribution in [0.25, 0.3) is 0 Å². The summed E-state index contributed by atoms with van der Waals surface area (Å²) < 4.78 is 1.18. The number of hydrogen-bond acceptors (Lipinski definition) is 1. The van der Waals surface area contributed by atoms with Crippen LogP contribution in [0.2, 0.25) is 0 Å². The van der Waals surface area contributed by atoms with Crippen LogP contribution in [0.15, 0.2) is 22.7 Å². The molecule has 0 radical (unpaired) electrons. The molecule has 1 aliphatic carbocycles. The molecule has 16 heavy (non-hydrogen) atoms. The molecule has 2 heteroatoms. The molecular formula is C14H20BrN. The van der Waals surface area contributed by atoms with Gasteiger partial charge in [-0.1, -0.05) is 41.8 Å². The monoisotopic (exact) mass is 281 g/mol. The average Bonchev–Trinajstić information content (AvgIpc) is 3.01. The topological polar surface area (TPSA) is 12.0 Å². The highest BCUT2D eigenvalue weighted by Gasteiger charge is 2.26. The maximum atomic E-state index is 3.62. The van der Waals surface area contributed by atoms with Gasteiger partial charge in [-0.3, -0.25) is 0 Å². The van der Waals surface area contributed by atoms with Crippen molar-refractivity contribution in [1.82, 2.24) is 5.32 Å². The Balaban J connectivity index is 2.15. The predicted molar refractivity (Wildman–Crippen MR) is 72.6 cm³/mol. The minimum Gasteiger partial charge on any atom is -0.310 e. The van der Waals surface area contributed by atoms with E-state index >= 15 is 0 Å². The fourth-order valence-electron chi connectivity index (χ4n) is 2.28. The number of hydrogen-bond donors (Lipinski definition) is 1. The highest BCUT2D eigenvalue weighted by Crippen LogP contribution is 2.38. The molecule has 0 aliphatic heterocycles. The lowest BCUT2D eigenvalue weighted by Gasteiger charge is -2.20. The van der Waals surface area contributed by atoms with Crippen molar-refractivity contribution in [2.45, 2.75) is 39.2 Å². The van der Waals surface area contributed by atoms with Gasteiger partial charge >= 0.3 is 0 Å². The van der Waals surface area contributed by atoms with Gasteiger partial charge in [0, 0.05) is 10.5 Å². The van der Waals surface area contributed by atoms with Gasteiger partial charge in [0.05, 0.1) is 0 Å². The third-order valence-corrected chi connectivity index (χ3v) is 3.82. The number of halogens is 1. The Hall–Kier alpha value is -0.340. The normalized spacial score (nSPS) is 17.4. The second-order valence-corrected chi connectivity index (χ2v) is 5.71. The van der Waals surface area contributed by atoms with Gasteiger partial charge < -0.3 is 5.32 Å². The van der Waals surface area contributed by atoms with Gasteiger partial charge in [-0.2, -0.15) is 0 Å². The van der Waals surface area contributed by atoms with Crippen molar-refractivity contribution in [1.29, 1.82) is 0 Å². The Kier molecular flexibility index (Phi) is 4.04. The Morgan fingerprint density at radius 3 is 2.75 bits per heavy atom. The maximum absolute atomic E-state index is 3.62. The molecule has 88 valence electrons. The van der Waals surface area contributed by atoms with E-state index in [1.54, 1.807) is 0 Å². The molecule has 0 amide bonds. The molecule has 1 atom stereocenters. The van der Waals surface area contributed by atoms with E-state index in [1.807, 2.05) is 0 Å². The van der Waals surface area contributed by atoms with Crippen molar-refractivity contribution in [3.63, 3.8) is 0 Å². The second kappa shape index (κ2) is 5.33. The van der Waals surface area contributed by atoms with E-state index in [0.29, 0.717) is 6.04 Å². The highest BCUT2D eigenvalue weighted by atomic mass is 79.9. The maximum Gasteiger partial charge on any atom is 0.0325 e. The summed E-state index contributed by atoms with van der Waals surface area (Å²) in [5, 5.41) is 3.62. The summed E-state index contributed by atoms with van der Waals surface area (Å²) in [6, 6.07) is 7.17. The molecule has 0 heterocycles. The summed E-state index contributed by atoms with van der Waals surface area (Å²) in [5.41, 5.74) is 2.86. The Morgan fingerprint density at radius 1 is 1.44 bits per heavy atom. The second-order valence-electron chi connectivity index (χ2n) is 4.79. The minimum absolute atomic E-state index is 0.547. The fourth-order valence-corrected chi connectivity index (χ4v) is 2.76. The SMILES string of the molecule is CCNC(CC1CC1)c1ccc(Br)cc1C. The first-order valence-electron chi connectivity index (χ1n) is 6.20. The Bertz CT molecular complexity index is 358. The van der Waals surface area contributed by atoms with Crippen molar-refractivity contribution in [2.24, 2.45) is 5.92 Å². The molecule has 0 spiro atoms. The average molecular weight is 282 g/mol. The Labute approximate surface area is 107 Å². The van der Waals surface area contributed by atoms with Crippen LogP contribution in [0, 0.1) is 12.8 Å². The van der Waals surface area contributed by atoms with E-state index in [9.17, 15) is 0 Å². The van der Waals surface area contributed by atoms with E-state index in [4.69, 9.17) is 0 Å². The molecule has 1 aliphatic rings. The first kappa shape index (κ1) is 12.1. The third-order valence-electron chi connectivity index (χ3n) is 3.32. The number of aryl methyl sites for hydroxylation is 1. The van der Waals surface area contributed by atoms with Crippen LogP contribution in [-0.2, 0) is 0 Å². The van der Waals surface area contributed by atoms with Crippen LogP contribution >= 0.6 is 15.9 Å². The lowest BCUT2D eigenvalue weighted by Crippen LogP contribution is -2.22. The summed E-state index contributed by atoms with van der Waals surface area (Å²) in [6.07, 6.45) is 4.16. The number of benzene rings is 1. The molecule has 0 aromatic heterocycles. The smallest absolute Gasteiger partial charge is 0.0325 e. The predicted octanol–water partition coefficient (Wildman–Crippen LogP) is 4.21. The number of nitrogens with one attached hydrogen (secondary N) is 1. The van der Waals surface area contributed by atoms with Crippen LogP contribution < -0.4 is 5.32 Å².